The normalized spacial score (nSPS) is 18.1. The van der Waals surface area contributed by atoms with Crippen LogP contribution in [-0.2, 0) is 16.6 Å². The molecule has 0 atom stereocenters. The second-order valence-electron chi connectivity index (χ2n) is 4.90. The molecular formula is C12H20N2O3S. The van der Waals surface area contributed by atoms with Crippen molar-refractivity contribution in [1.82, 2.24) is 5.32 Å². The highest BCUT2D eigenvalue weighted by molar-refractivity contribution is 7.89. The van der Waals surface area contributed by atoms with E-state index in [-0.39, 0.29) is 5.09 Å². The highest BCUT2D eigenvalue weighted by atomic mass is 32.2. The molecule has 0 amide bonds. The lowest BCUT2D eigenvalue weighted by Crippen LogP contribution is -2.23. The second-order valence-corrected chi connectivity index (χ2v) is 6.39. The van der Waals surface area contributed by atoms with Crippen LogP contribution in [0.25, 0.3) is 0 Å². The molecule has 0 unspecified atom stereocenters. The van der Waals surface area contributed by atoms with Crippen molar-refractivity contribution in [3.8, 4) is 0 Å². The summed E-state index contributed by atoms with van der Waals surface area (Å²) in [5.41, 5.74) is 0. The van der Waals surface area contributed by atoms with E-state index in [2.05, 4.69) is 5.32 Å². The topological polar surface area (TPSA) is 85.3 Å². The van der Waals surface area contributed by atoms with Crippen LogP contribution in [0.5, 0.6) is 0 Å². The maximum atomic E-state index is 11.0. The maximum absolute atomic E-state index is 11.0. The Morgan fingerprint density at radius 2 is 2.00 bits per heavy atom. The molecule has 102 valence electrons. The molecule has 1 saturated carbocycles. The summed E-state index contributed by atoms with van der Waals surface area (Å²) in [7, 11) is -3.72. The van der Waals surface area contributed by atoms with Crippen LogP contribution in [0, 0.1) is 5.92 Å². The van der Waals surface area contributed by atoms with Crippen LogP contribution in [0.4, 0.5) is 0 Å². The van der Waals surface area contributed by atoms with Crippen molar-refractivity contribution in [2.45, 2.75) is 43.7 Å². The highest BCUT2D eigenvalue weighted by Crippen LogP contribution is 2.22. The average molecular weight is 272 g/mol. The summed E-state index contributed by atoms with van der Waals surface area (Å²) in [6, 6.07) is 3.04. The van der Waals surface area contributed by atoms with E-state index in [4.69, 9.17) is 9.56 Å². The van der Waals surface area contributed by atoms with E-state index < -0.39 is 10.0 Å². The molecule has 0 aromatic carbocycles. The van der Waals surface area contributed by atoms with Gasteiger partial charge in [-0.1, -0.05) is 19.3 Å². The molecule has 1 aromatic rings. The summed E-state index contributed by atoms with van der Waals surface area (Å²) in [4.78, 5) is 0. The molecular weight excluding hydrogens is 252 g/mol. The smallest absolute Gasteiger partial charge is 0.271 e. The Hall–Kier alpha value is -0.850. The second kappa shape index (κ2) is 5.86. The number of rotatable bonds is 5. The van der Waals surface area contributed by atoms with Gasteiger partial charge < -0.3 is 9.73 Å². The minimum atomic E-state index is -3.72. The fraction of sp³-hybridized carbons (Fsp3) is 0.667. The molecule has 0 radical (unpaired) electrons. The lowest BCUT2D eigenvalue weighted by molar-refractivity contribution is 0.331. The fourth-order valence-electron chi connectivity index (χ4n) is 2.40. The number of nitrogens with one attached hydrogen (secondary N) is 1. The van der Waals surface area contributed by atoms with E-state index in [9.17, 15) is 8.42 Å². The van der Waals surface area contributed by atoms with Gasteiger partial charge in [0.1, 0.15) is 5.76 Å². The zero-order chi connectivity index (χ0) is 13.0. The van der Waals surface area contributed by atoms with E-state index in [1.54, 1.807) is 6.07 Å². The molecule has 1 aromatic heterocycles. The van der Waals surface area contributed by atoms with Crippen molar-refractivity contribution in [3.63, 3.8) is 0 Å². The molecule has 18 heavy (non-hydrogen) atoms. The maximum Gasteiger partial charge on any atom is 0.271 e. The number of furan rings is 1. The lowest BCUT2D eigenvalue weighted by atomic mass is 9.89. The van der Waals surface area contributed by atoms with Gasteiger partial charge in [-0.15, -0.1) is 0 Å². The van der Waals surface area contributed by atoms with Crippen molar-refractivity contribution in [1.29, 1.82) is 0 Å². The van der Waals surface area contributed by atoms with E-state index in [0.717, 1.165) is 12.5 Å². The predicted molar refractivity (Wildman–Crippen MR) is 68.4 cm³/mol. The van der Waals surface area contributed by atoms with Gasteiger partial charge in [0.05, 0.1) is 6.54 Å². The molecule has 0 aliphatic heterocycles. The van der Waals surface area contributed by atoms with Crippen molar-refractivity contribution >= 4 is 10.0 Å². The van der Waals surface area contributed by atoms with Crippen molar-refractivity contribution in [2.24, 2.45) is 11.1 Å². The summed E-state index contributed by atoms with van der Waals surface area (Å²) < 4.78 is 27.2. The monoisotopic (exact) mass is 272 g/mol. The van der Waals surface area contributed by atoms with E-state index in [0.29, 0.717) is 12.3 Å². The van der Waals surface area contributed by atoms with Gasteiger partial charge >= 0.3 is 0 Å². The van der Waals surface area contributed by atoms with E-state index in [1.165, 1.54) is 38.2 Å². The standard InChI is InChI=1S/C12H20N2O3S/c13-18(15,16)12-7-6-11(17-12)9-14-8-10-4-2-1-3-5-10/h6-7,10,14H,1-5,8-9H2,(H2,13,15,16). The minimum absolute atomic E-state index is 0.169. The van der Waals surface area contributed by atoms with Crippen LogP contribution in [0.15, 0.2) is 21.6 Å². The van der Waals surface area contributed by atoms with Gasteiger partial charge in [-0.3, -0.25) is 0 Å². The molecule has 0 bridgehead atoms. The van der Waals surface area contributed by atoms with Gasteiger partial charge in [-0.25, -0.2) is 13.6 Å². The Balaban J connectivity index is 1.78. The van der Waals surface area contributed by atoms with Crippen LogP contribution in [0.2, 0.25) is 0 Å². The lowest BCUT2D eigenvalue weighted by Gasteiger charge is -2.21. The number of nitrogens with two attached hydrogens (primary N) is 1. The largest absolute Gasteiger partial charge is 0.447 e. The Labute approximate surface area is 108 Å². The van der Waals surface area contributed by atoms with Crippen molar-refractivity contribution in [3.05, 3.63) is 17.9 Å². The molecule has 2 rings (SSSR count). The van der Waals surface area contributed by atoms with Gasteiger partial charge in [-0.2, -0.15) is 0 Å². The molecule has 0 spiro atoms. The quantitative estimate of drug-likeness (QED) is 0.852. The first-order valence-electron chi connectivity index (χ1n) is 6.38. The number of primary sulfonamides is 1. The summed E-state index contributed by atoms with van der Waals surface area (Å²) in [5, 5.41) is 8.11. The zero-order valence-corrected chi connectivity index (χ0v) is 11.2. The van der Waals surface area contributed by atoms with Crippen molar-refractivity contribution in [2.75, 3.05) is 6.54 Å². The Bertz CT molecular complexity index is 475. The third-order valence-electron chi connectivity index (χ3n) is 3.37. The first-order chi connectivity index (χ1) is 8.55. The van der Waals surface area contributed by atoms with Gasteiger partial charge in [0.2, 0.25) is 5.09 Å². The van der Waals surface area contributed by atoms with Gasteiger partial charge in [0, 0.05) is 0 Å². The molecule has 1 fully saturated rings. The van der Waals surface area contributed by atoms with Crippen LogP contribution in [0.3, 0.4) is 0 Å². The first kappa shape index (κ1) is 13.6. The molecule has 3 N–H and O–H groups in total. The number of sulfonamides is 1. The third kappa shape index (κ3) is 3.83. The molecule has 1 aliphatic carbocycles. The van der Waals surface area contributed by atoms with Gasteiger partial charge in [-0.05, 0) is 37.4 Å². The third-order valence-corrected chi connectivity index (χ3v) is 4.15. The molecule has 0 saturated heterocycles. The van der Waals surface area contributed by atoms with Crippen LogP contribution < -0.4 is 10.5 Å². The Morgan fingerprint density at radius 1 is 1.28 bits per heavy atom. The molecule has 6 heteroatoms. The Morgan fingerprint density at radius 3 is 2.61 bits per heavy atom. The molecule has 1 aliphatic rings. The number of hydrogen-bond acceptors (Lipinski definition) is 4. The minimum Gasteiger partial charge on any atom is -0.447 e. The molecule has 1 heterocycles. The number of hydrogen-bond donors (Lipinski definition) is 2. The SMILES string of the molecule is NS(=O)(=O)c1ccc(CNCC2CCCCC2)o1. The summed E-state index contributed by atoms with van der Waals surface area (Å²) in [5.74, 6) is 1.35. The molecule has 5 nitrogen and oxygen atoms in total. The Kier molecular flexibility index (Phi) is 4.42. The first-order valence-corrected chi connectivity index (χ1v) is 7.92. The zero-order valence-electron chi connectivity index (χ0n) is 10.4. The van der Waals surface area contributed by atoms with Crippen molar-refractivity contribution < 1.29 is 12.8 Å². The summed E-state index contributed by atoms with van der Waals surface area (Å²) in [6.45, 7) is 1.51. The van der Waals surface area contributed by atoms with E-state index in [1.807, 2.05) is 0 Å². The van der Waals surface area contributed by atoms with Gasteiger partial charge in [0.25, 0.3) is 10.0 Å². The van der Waals surface area contributed by atoms with Crippen LogP contribution >= 0.6 is 0 Å². The predicted octanol–water partition coefficient (Wildman–Crippen LogP) is 1.60. The summed E-state index contributed by atoms with van der Waals surface area (Å²) in [6.07, 6.45) is 6.57. The fourth-order valence-corrected chi connectivity index (χ4v) is 2.88. The van der Waals surface area contributed by atoms with Crippen LogP contribution in [0.1, 0.15) is 37.9 Å². The van der Waals surface area contributed by atoms with Gasteiger partial charge in [0.15, 0.2) is 0 Å². The average Bonchev–Trinajstić information content (AvgIpc) is 2.79. The summed E-state index contributed by atoms with van der Waals surface area (Å²) >= 11 is 0. The van der Waals surface area contributed by atoms with Crippen LogP contribution in [-0.4, -0.2) is 15.0 Å². The highest BCUT2D eigenvalue weighted by Gasteiger charge is 2.15. The van der Waals surface area contributed by atoms with E-state index >= 15 is 0 Å².